The standard InChI is InChI=1S/C17H31N3O/c1-3-15(14-18-10-12-21-2)13-16-9-11-20(19-16)17-7-5-4-6-8-17/h9,11,15,17-18H,3-8,10,12-14H2,1-2H3. The maximum Gasteiger partial charge on any atom is 0.0627 e. The highest BCUT2D eigenvalue weighted by Gasteiger charge is 2.17. The van der Waals surface area contributed by atoms with E-state index in [4.69, 9.17) is 9.84 Å². The summed E-state index contributed by atoms with van der Waals surface area (Å²) in [6.07, 6.45) is 11.2. The van der Waals surface area contributed by atoms with Crippen LogP contribution in [0.15, 0.2) is 12.3 Å². The molecule has 0 spiro atoms. The van der Waals surface area contributed by atoms with E-state index in [9.17, 15) is 0 Å². The molecular weight excluding hydrogens is 262 g/mol. The van der Waals surface area contributed by atoms with Gasteiger partial charge in [0.2, 0.25) is 0 Å². The van der Waals surface area contributed by atoms with Crippen molar-refractivity contribution < 1.29 is 4.74 Å². The minimum absolute atomic E-state index is 0.646. The molecule has 1 heterocycles. The Kier molecular flexibility index (Phi) is 7.24. The normalized spacial score (nSPS) is 18.0. The monoisotopic (exact) mass is 293 g/mol. The average molecular weight is 293 g/mol. The van der Waals surface area contributed by atoms with Crippen molar-refractivity contribution in [1.82, 2.24) is 15.1 Å². The van der Waals surface area contributed by atoms with Gasteiger partial charge in [0.25, 0.3) is 0 Å². The molecule has 4 heteroatoms. The largest absolute Gasteiger partial charge is 0.383 e. The fraction of sp³-hybridized carbons (Fsp3) is 0.824. The zero-order valence-corrected chi connectivity index (χ0v) is 13.7. The number of nitrogens with zero attached hydrogens (tertiary/aromatic N) is 2. The maximum absolute atomic E-state index is 5.07. The summed E-state index contributed by atoms with van der Waals surface area (Å²) in [7, 11) is 1.75. The van der Waals surface area contributed by atoms with Gasteiger partial charge < -0.3 is 10.1 Å². The number of hydrogen-bond donors (Lipinski definition) is 1. The first-order chi connectivity index (χ1) is 10.3. The predicted molar refractivity (Wildman–Crippen MR) is 86.6 cm³/mol. The van der Waals surface area contributed by atoms with Gasteiger partial charge in [-0.05, 0) is 37.8 Å². The second kappa shape index (κ2) is 9.21. The van der Waals surface area contributed by atoms with Crippen molar-refractivity contribution in [2.24, 2.45) is 5.92 Å². The summed E-state index contributed by atoms with van der Waals surface area (Å²) in [5, 5.41) is 8.30. The van der Waals surface area contributed by atoms with E-state index >= 15 is 0 Å². The molecule has 0 amide bonds. The number of ether oxygens (including phenoxy) is 1. The maximum atomic E-state index is 5.07. The third kappa shape index (κ3) is 5.44. The number of hydrogen-bond acceptors (Lipinski definition) is 3. The Morgan fingerprint density at radius 3 is 2.90 bits per heavy atom. The fourth-order valence-corrected chi connectivity index (χ4v) is 3.17. The van der Waals surface area contributed by atoms with Crippen LogP contribution in [0.3, 0.4) is 0 Å². The Hall–Kier alpha value is -0.870. The van der Waals surface area contributed by atoms with Gasteiger partial charge in [-0.15, -0.1) is 0 Å². The second-order valence-electron chi connectivity index (χ2n) is 6.25. The summed E-state index contributed by atoms with van der Waals surface area (Å²) in [5.74, 6) is 0.663. The molecule has 4 nitrogen and oxygen atoms in total. The highest BCUT2D eigenvalue weighted by Crippen LogP contribution is 2.27. The summed E-state index contributed by atoms with van der Waals surface area (Å²) < 4.78 is 7.29. The third-order valence-corrected chi connectivity index (χ3v) is 4.60. The molecule has 1 aliphatic carbocycles. The van der Waals surface area contributed by atoms with Gasteiger partial charge in [0.1, 0.15) is 0 Å². The number of rotatable bonds is 9. The third-order valence-electron chi connectivity index (χ3n) is 4.60. The van der Waals surface area contributed by atoms with E-state index in [1.54, 1.807) is 7.11 Å². The number of nitrogens with one attached hydrogen (secondary N) is 1. The van der Waals surface area contributed by atoms with Gasteiger partial charge in [-0.2, -0.15) is 5.10 Å². The van der Waals surface area contributed by atoms with Crippen LogP contribution in [0.5, 0.6) is 0 Å². The van der Waals surface area contributed by atoms with Crippen molar-refractivity contribution >= 4 is 0 Å². The van der Waals surface area contributed by atoms with Crippen molar-refractivity contribution in [3.63, 3.8) is 0 Å². The van der Waals surface area contributed by atoms with E-state index in [0.717, 1.165) is 26.1 Å². The van der Waals surface area contributed by atoms with Gasteiger partial charge in [-0.25, -0.2) is 0 Å². The Labute approximate surface area is 129 Å². The van der Waals surface area contributed by atoms with E-state index in [1.807, 2.05) is 0 Å². The van der Waals surface area contributed by atoms with Gasteiger partial charge in [-0.3, -0.25) is 4.68 Å². The van der Waals surface area contributed by atoms with Crippen LogP contribution in [0.2, 0.25) is 0 Å². The molecule has 1 aromatic rings. The molecule has 1 N–H and O–H groups in total. The molecular formula is C17H31N3O. The van der Waals surface area contributed by atoms with Gasteiger partial charge in [0.05, 0.1) is 18.3 Å². The topological polar surface area (TPSA) is 39.1 Å². The van der Waals surface area contributed by atoms with Crippen LogP contribution >= 0.6 is 0 Å². The summed E-state index contributed by atoms with van der Waals surface area (Å²) >= 11 is 0. The average Bonchev–Trinajstić information content (AvgIpc) is 3.00. The van der Waals surface area contributed by atoms with Gasteiger partial charge in [0.15, 0.2) is 0 Å². The van der Waals surface area contributed by atoms with Gasteiger partial charge in [-0.1, -0.05) is 32.6 Å². The lowest BCUT2D eigenvalue weighted by molar-refractivity contribution is 0.197. The highest BCUT2D eigenvalue weighted by atomic mass is 16.5. The van der Waals surface area contributed by atoms with Gasteiger partial charge >= 0.3 is 0 Å². The molecule has 1 saturated carbocycles. The predicted octanol–water partition coefficient (Wildman–Crippen LogP) is 3.19. The molecule has 120 valence electrons. The van der Waals surface area contributed by atoms with Crippen LogP contribution in [0, 0.1) is 5.92 Å². The van der Waals surface area contributed by atoms with E-state index in [2.05, 4.69) is 29.2 Å². The van der Waals surface area contributed by atoms with Crippen molar-refractivity contribution in [2.75, 3.05) is 26.8 Å². The van der Waals surface area contributed by atoms with Crippen LogP contribution in [0.25, 0.3) is 0 Å². The van der Waals surface area contributed by atoms with Crippen LogP contribution < -0.4 is 5.32 Å². The molecule has 0 radical (unpaired) electrons. The Morgan fingerprint density at radius 1 is 1.38 bits per heavy atom. The molecule has 0 bridgehead atoms. The van der Waals surface area contributed by atoms with Crippen LogP contribution in [-0.4, -0.2) is 36.6 Å². The Bertz CT molecular complexity index is 385. The van der Waals surface area contributed by atoms with Gasteiger partial charge in [0, 0.05) is 19.9 Å². The minimum atomic E-state index is 0.646. The summed E-state index contributed by atoms with van der Waals surface area (Å²) in [6, 6.07) is 2.86. The summed E-state index contributed by atoms with van der Waals surface area (Å²) in [6.45, 7) is 5.03. The lowest BCUT2D eigenvalue weighted by Crippen LogP contribution is -2.27. The van der Waals surface area contributed by atoms with E-state index in [1.165, 1.54) is 44.2 Å². The lowest BCUT2D eigenvalue weighted by atomic mass is 9.96. The molecule has 0 aromatic carbocycles. The molecule has 1 aromatic heterocycles. The van der Waals surface area contributed by atoms with Crippen molar-refractivity contribution in [3.8, 4) is 0 Å². The van der Waals surface area contributed by atoms with Crippen LogP contribution in [0.1, 0.15) is 57.2 Å². The Morgan fingerprint density at radius 2 is 2.19 bits per heavy atom. The Balaban J connectivity index is 1.79. The van der Waals surface area contributed by atoms with E-state index in [-0.39, 0.29) is 0 Å². The molecule has 1 unspecified atom stereocenters. The molecule has 1 atom stereocenters. The van der Waals surface area contributed by atoms with Crippen molar-refractivity contribution in [3.05, 3.63) is 18.0 Å². The van der Waals surface area contributed by atoms with Crippen molar-refractivity contribution in [1.29, 1.82) is 0 Å². The quantitative estimate of drug-likeness (QED) is 0.711. The summed E-state index contributed by atoms with van der Waals surface area (Å²) in [5.41, 5.74) is 1.25. The zero-order valence-electron chi connectivity index (χ0n) is 13.7. The van der Waals surface area contributed by atoms with Crippen LogP contribution in [-0.2, 0) is 11.2 Å². The minimum Gasteiger partial charge on any atom is -0.383 e. The fourth-order valence-electron chi connectivity index (χ4n) is 3.17. The SMILES string of the molecule is CCC(CNCCOC)Cc1ccn(C2CCCCC2)n1. The highest BCUT2D eigenvalue weighted by molar-refractivity contribution is 5.01. The summed E-state index contributed by atoms with van der Waals surface area (Å²) in [4.78, 5) is 0. The lowest BCUT2D eigenvalue weighted by Gasteiger charge is -2.22. The molecule has 1 fully saturated rings. The molecule has 1 aliphatic rings. The first-order valence-corrected chi connectivity index (χ1v) is 8.57. The second-order valence-corrected chi connectivity index (χ2v) is 6.25. The first-order valence-electron chi connectivity index (χ1n) is 8.57. The van der Waals surface area contributed by atoms with Crippen molar-refractivity contribution in [2.45, 2.75) is 57.9 Å². The number of aromatic nitrogens is 2. The zero-order chi connectivity index (χ0) is 14.9. The molecule has 0 aliphatic heterocycles. The van der Waals surface area contributed by atoms with E-state index < -0.39 is 0 Å². The molecule has 0 saturated heterocycles. The molecule has 2 rings (SSSR count). The van der Waals surface area contributed by atoms with Crippen LogP contribution in [0.4, 0.5) is 0 Å². The first kappa shape index (κ1) is 16.5. The molecule has 21 heavy (non-hydrogen) atoms. The number of methoxy groups -OCH3 is 1. The smallest absolute Gasteiger partial charge is 0.0627 e. The van der Waals surface area contributed by atoms with E-state index in [0.29, 0.717) is 12.0 Å².